The minimum atomic E-state index is 0.332. The van der Waals surface area contributed by atoms with Crippen LogP contribution in [0.3, 0.4) is 0 Å². The summed E-state index contributed by atoms with van der Waals surface area (Å²) in [6.45, 7) is 0.786. The largest absolute Gasteiger partial charge is 0.330 e. The molecule has 78 valence electrons. The zero-order valence-electron chi connectivity index (χ0n) is 8.22. The summed E-state index contributed by atoms with van der Waals surface area (Å²) in [5.74, 6) is 0. The molecule has 1 heterocycles. The van der Waals surface area contributed by atoms with Crippen LogP contribution in [0.15, 0.2) is 15.9 Å². The Kier molecular flexibility index (Phi) is 2.98. The highest BCUT2D eigenvalue weighted by Gasteiger charge is 2.48. The molecule has 0 aromatic carbocycles. The van der Waals surface area contributed by atoms with Crippen molar-refractivity contribution in [2.75, 3.05) is 13.6 Å². The number of hydrogen-bond donors (Lipinski definition) is 2. The lowest BCUT2D eigenvalue weighted by Crippen LogP contribution is -2.31. The van der Waals surface area contributed by atoms with Crippen LogP contribution in [0.4, 0.5) is 0 Å². The third kappa shape index (κ3) is 1.76. The molecule has 1 unspecified atom stereocenters. The minimum Gasteiger partial charge on any atom is -0.330 e. The molecular weight excluding hydrogens is 260 g/mol. The Balaban J connectivity index is 2.22. The summed E-state index contributed by atoms with van der Waals surface area (Å²) in [6.07, 6.45) is 2.51. The fourth-order valence-corrected chi connectivity index (χ4v) is 3.68. The maximum absolute atomic E-state index is 5.84. The Labute approximate surface area is 97.0 Å². The molecule has 0 aliphatic heterocycles. The topological polar surface area (TPSA) is 38.0 Å². The molecule has 1 aromatic rings. The van der Waals surface area contributed by atoms with Crippen LogP contribution in [0.5, 0.6) is 0 Å². The molecule has 0 saturated heterocycles. The van der Waals surface area contributed by atoms with Crippen LogP contribution < -0.4 is 11.1 Å². The van der Waals surface area contributed by atoms with Crippen molar-refractivity contribution in [3.8, 4) is 0 Å². The number of rotatable bonds is 4. The van der Waals surface area contributed by atoms with Gasteiger partial charge >= 0.3 is 0 Å². The number of nitrogens with one attached hydrogen (secondary N) is 1. The average molecular weight is 275 g/mol. The maximum Gasteiger partial charge on any atom is 0.0701 e. The highest BCUT2D eigenvalue weighted by molar-refractivity contribution is 9.11. The molecule has 2 nitrogen and oxygen atoms in total. The van der Waals surface area contributed by atoms with Gasteiger partial charge < -0.3 is 11.1 Å². The first-order valence-corrected chi connectivity index (χ1v) is 6.45. The Morgan fingerprint density at radius 2 is 2.36 bits per heavy atom. The van der Waals surface area contributed by atoms with Crippen molar-refractivity contribution in [1.29, 1.82) is 0 Å². The van der Waals surface area contributed by atoms with Gasteiger partial charge in [-0.1, -0.05) is 0 Å². The first kappa shape index (κ1) is 10.6. The van der Waals surface area contributed by atoms with E-state index >= 15 is 0 Å². The number of hydrogen-bond acceptors (Lipinski definition) is 3. The maximum atomic E-state index is 5.84. The number of halogens is 1. The van der Waals surface area contributed by atoms with Gasteiger partial charge in [-0.2, -0.15) is 0 Å². The third-order valence-electron chi connectivity index (χ3n) is 3.08. The van der Waals surface area contributed by atoms with E-state index < -0.39 is 0 Å². The molecule has 1 aromatic heterocycles. The molecule has 1 saturated carbocycles. The quantitative estimate of drug-likeness (QED) is 0.886. The summed E-state index contributed by atoms with van der Waals surface area (Å²) in [5, 5.41) is 3.39. The Hall–Kier alpha value is 0.1000. The molecule has 1 aliphatic rings. The van der Waals surface area contributed by atoms with E-state index in [1.54, 1.807) is 11.3 Å². The van der Waals surface area contributed by atoms with Gasteiger partial charge in [0.15, 0.2) is 0 Å². The molecule has 1 aliphatic carbocycles. The molecule has 0 radical (unpaired) electrons. The second-order valence-electron chi connectivity index (χ2n) is 3.93. The van der Waals surface area contributed by atoms with Crippen LogP contribution in [0.1, 0.15) is 23.8 Å². The minimum absolute atomic E-state index is 0.332. The smallest absolute Gasteiger partial charge is 0.0701 e. The van der Waals surface area contributed by atoms with Crippen molar-refractivity contribution in [2.45, 2.75) is 18.9 Å². The second-order valence-corrected chi connectivity index (χ2v) is 6.42. The van der Waals surface area contributed by atoms with Gasteiger partial charge in [-0.3, -0.25) is 0 Å². The summed E-state index contributed by atoms with van der Waals surface area (Å²) in [5.41, 5.74) is 6.17. The fraction of sp³-hybridized carbons (Fsp3) is 0.600. The van der Waals surface area contributed by atoms with Gasteiger partial charge in [0.1, 0.15) is 0 Å². The van der Waals surface area contributed by atoms with Gasteiger partial charge in [0.25, 0.3) is 0 Å². The van der Waals surface area contributed by atoms with Crippen molar-refractivity contribution in [3.05, 3.63) is 20.8 Å². The monoisotopic (exact) mass is 274 g/mol. The second kappa shape index (κ2) is 3.93. The average Bonchev–Trinajstić information content (AvgIpc) is 2.86. The van der Waals surface area contributed by atoms with Crippen LogP contribution in [0, 0.1) is 5.41 Å². The summed E-state index contributed by atoms with van der Waals surface area (Å²) >= 11 is 5.30. The molecule has 1 atom stereocenters. The predicted octanol–water partition coefficient (Wildman–Crippen LogP) is 2.51. The van der Waals surface area contributed by atoms with Crippen LogP contribution in [0.2, 0.25) is 0 Å². The van der Waals surface area contributed by atoms with Crippen molar-refractivity contribution < 1.29 is 0 Å². The zero-order chi connectivity index (χ0) is 10.2. The summed E-state index contributed by atoms with van der Waals surface area (Å²) in [7, 11) is 2.02. The summed E-state index contributed by atoms with van der Waals surface area (Å²) in [6, 6.07) is 4.73. The summed E-state index contributed by atoms with van der Waals surface area (Å²) in [4.78, 5) is 1.39. The van der Waals surface area contributed by atoms with E-state index in [4.69, 9.17) is 5.73 Å². The standard InChI is InChI=1S/C10H15BrN2S/c1-13-9(10(6-12)4-5-10)7-2-3-8(11)14-7/h2-3,9,13H,4-6,12H2,1H3. The van der Waals surface area contributed by atoms with Crippen molar-refractivity contribution in [2.24, 2.45) is 11.1 Å². The Morgan fingerprint density at radius 3 is 2.71 bits per heavy atom. The lowest BCUT2D eigenvalue weighted by molar-refractivity contribution is 0.372. The molecule has 14 heavy (non-hydrogen) atoms. The van der Waals surface area contributed by atoms with Gasteiger partial charge in [0, 0.05) is 16.3 Å². The van der Waals surface area contributed by atoms with Gasteiger partial charge in [-0.05, 0) is 54.5 Å². The molecule has 4 heteroatoms. The predicted molar refractivity (Wildman–Crippen MR) is 64.5 cm³/mol. The lowest BCUT2D eigenvalue weighted by Gasteiger charge is -2.24. The van der Waals surface area contributed by atoms with E-state index in [1.165, 1.54) is 21.5 Å². The van der Waals surface area contributed by atoms with Gasteiger partial charge in [-0.25, -0.2) is 0 Å². The van der Waals surface area contributed by atoms with E-state index in [1.807, 2.05) is 7.05 Å². The molecular formula is C10H15BrN2S. The van der Waals surface area contributed by atoms with E-state index in [0.29, 0.717) is 11.5 Å². The first-order valence-electron chi connectivity index (χ1n) is 4.84. The van der Waals surface area contributed by atoms with Crippen LogP contribution in [-0.2, 0) is 0 Å². The van der Waals surface area contributed by atoms with Gasteiger partial charge in [0.2, 0.25) is 0 Å². The normalized spacial score (nSPS) is 20.8. The zero-order valence-corrected chi connectivity index (χ0v) is 10.6. The van der Waals surface area contributed by atoms with E-state index in [-0.39, 0.29) is 0 Å². The summed E-state index contributed by atoms with van der Waals surface area (Å²) < 4.78 is 1.19. The Bertz CT molecular complexity index is 320. The van der Waals surface area contributed by atoms with Crippen LogP contribution in [-0.4, -0.2) is 13.6 Å². The lowest BCUT2D eigenvalue weighted by atomic mass is 9.95. The highest BCUT2D eigenvalue weighted by Crippen LogP contribution is 2.55. The van der Waals surface area contributed by atoms with Crippen LogP contribution >= 0.6 is 27.3 Å². The van der Waals surface area contributed by atoms with E-state index in [0.717, 1.165) is 6.54 Å². The molecule has 0 spiro atoms. The van der Waals surface area contributed by atoms with Crippen molar-refractivity contribution >= 4 is 27.3 Å². The molecule has 2 rings (SSSR count). The first-order chi connectivity index (χ1) is 6.72. The third-order valence-corrected chi connectivity index (χ3v) is 4.77. The molecule has 0 bridgehead atoms. The van der Waals surface area contributed by atoms with E-state index in [2.05, 4.69) is 33.4 Å². The van der Waals surface area contributed by atoms with E-state index in [9.17, 15) is 0 Å². The Morgan fingerprint density at radius 1 is 1.64 bits per heavy atom. The molecule has 1 fully saturated rings. The van der Waals surface area contributed by atoms with Gasteiger partial charge in [-0.15, -0.1) is 11.3 Å². The highest BCUT2D eigenvalue weighted by atomic mass is 79.9. The number of thiophene rings is 1. The number of nitrogens with two attached hydrogens (primary N) is 1. The SMILES string of the molecule is CNC(c1ccc(Br)s1)C1(CN)CC1. The molecule has 3 N–H and O–H groups in total. The van der Waals surface area contributed by atoms with Crippen molar-refractivity contribution in [3.63, 3.8) is 0 Å². The fourth-order valence-electron chi connectivity index (χ4n) is 2.00. The van der Waals surface area contributed by atoms with Gasteiger partial charge in [0.05, 0.1) is 3.79 Å². The van der Waals surface area contributed by atoms with Crippen molar-refractivity contribution in [1.82, 2.24) is 5.32 Å². The van der Waals surface area contributed by atoms with Crippen LogP contribution in [0.25, 0.3) is 0 Å². The molecule has 0 amide bonds.